The van der Waals surface area contributed by atoms with Crippen molar-refractivity contribution in [1.29, 1.82) is 0 Å². The van der Waals surface area contributed by atoms with E-state index < -0.39 is 0 Å². The van der Waals surface area contributed by atoms with Crippen molar-refractivity contribution in [1.82, 2.24) is 0 Å². The highest BCUT2D eigenvalue weighted by Crippen LogP contribution is 2.05. The first-order chi connectivity index (χ1) is 8.31. The van der Waals surface area contributed by atoms with E-state index in [1.165, 1.54) is 25.7 Å². The number of carbonyl (C=O) groups is 1. The number of hydrogen-bond donors (Lipinski definition) is 0. The van der Waals surface area contributed by atoms with Crippen LogP contribution in [0.15, 0.2) is 0 Å². The normalized spacial score (nSPS) is 10.5. The summed E-state index contributed by atoms with van der Waals surface area (Å²) in [7, 11) is 0. The van der Waals surface area contributed by atoms with Crippen molar-refractivity contribution in [2.75, 3.05) is 6.61 Å². The highest BCUT2D eigenvalue weighted by atomic mass is 17.2. The molecule has 0 atom stereocenters. The molecule has 0 aliphatic rings. The Hall–Kier alpha value is -0.570. The molecule has 0 aromatic carbocycles. The average Bonchev–Trinajstić information content (AvgIpc) is 2.33. The van der Waals surface area contributed by atoms with Crippen molar-refractivity contribution >= 4 is 5.97 Å². The smallest absolute Gasteiger partial charge is 0.298 e. The summed E-state index contributed by atoms with van der Waals surface area (Å²) in [6, 6.07) is 0. The molecule has 0 aliphatic carbocycles. The van der Waals surface area contributed by atoms with Gasteiger partial charge in [-0.3, -0.25) is 4.89 Å². The summed E-state index contributed by atoms with van der Waals surface area (Å²) < 4.78 is 0. The van der Waals surface area contributed by atoms with Crippen molar-refractivity contribution in [3.05, 3.63) is 0 Å². The van der Waals surface area contributed by atoms with Crippen molar-refractivity contribution in [2.45, 2.75) is 78.1 Å². The van der Waals surface area contributed by atoms with Crippen LogP contribution in [0.3, 0.4) is 0 Å². The standard InChI is InChI=1S/C14H28O3/c1-3-5-7-8-9-11-13-16-17-14(15)12-10-6-4-2/h3-13H2,1-2H3. The van der Waals surface area contributed by atoms with E-state index in [9.17, 15) is 4.79 Å². The molecule has 3 heteroatoms. The monoisotopic (exact) mass is 244 g/mol. The van der Waals surface area contributed by atoms with Gasteiger partial charge < -0.3 is 0 Å². The second-order valence-electron chi connectivity index (χ2n) is 4.50. The van der Waals surface area contributed by atoms with Crippen molar-refractivity contribution < 1.29 is 14.6 Å². The van der Waals surface area contributed by atoms with Gasteiger partial charge in [0.05, 0.1) is 6.61 Å². The molecule has 0 unspecified atom stereocenters. The molecule has 3 nitrogen and oxygen atoms in total. The van der Waals surface area contributed by atoms with Gasteiger partial charge in [-0.2, -0.15) is 4.89 Å². The Morgan fingerprint density at radius 1 is 0.824 bits per heavy atom. The molecule has 0 heterocycles. The fraction of sp³-hybridized carbons (Fsp3) is 0.929. The van der Waals surface area contributed by atoms with Crippen LogP contribution in [0.2, 0.25) is 0 Å². The van der Waals surface area contributed by atoms with Crippen molar-refractivity contribution in [3.8, 4) is 0 Å². The van der Waals surface area contributed by atoms with Crippen molar-refractivity contribution in [2.24, 2.45) is 0 Å². The zero-order valence-corrected chi connectivity index (χ0v) is 11.5. The van der Waals surface area contributed by atoms with Gasteiger partial charge in [0.1, 0.15) is 0 Å². The molecule has 17 heavy (non-hydrogen) atoms. The third-order valence-electron chi connectivity index (χ3n) is 2.72. The average molecular weight is 244 g/mol. The second-order valence-corrected chi connectivity index (χ2v) is 4.50. The first kappa shape index (κ1) is 16.4. The Labute approximate surface area is 106 Å². The maximum Gasteiger partial charge on any atom is 0.342 e. The number of unbranched alkanes of at least 4 members (excludes halogenated alkanes) is 7. The highest BCUT2D eigenvalue weighted by molar-refractivity contribution is 5.68. The predicted molar refractivity (Wildman–Crippen MR) is 69.6 cm³/mol. The molecule has 0 N–H and O–H groups in total. The summed E-state index contributed by atoms with van der Waals surface area (Å²) in [6.45, 7) is 4.85. The molecule has 0 bridgehead atoms. The Morgan fingerprint density at radius 2 is 1.41 bits per heavy atom. The first-order valence-corrected chi connectivity index (χ1v) is 7.13. The van der Waals surface area contributed by atoms with Crippen LogP contribution in [-0.2, 0) is 14.6 Å². The van der Waals surface area contributed by atoms with Crippen LogP contribution < -0.4 is 0 Å². The van der Waals surface area contributed by atoms with Gasteiger partial charge in [0.2, 0.25) is 0 Å². The molecule has 0 aromatic rings. The maximum absolute atomic E-state index is 11.1. The number of hydrogen-bond acceptors (Lipinski definition) is 3. The van der Waals surface area contributed by atoms with Gasteiger partial charge >= 0.3 is 5.97 Å². The van der Waals surface area contributed by atoms with Crippen LogP contribution in [0.4, 0.5) is 0 Å². The van der Waals surface area contributed by atoms with E-state index in [1.54, 1.807) is 0 Å². The lowest BCUT2D eigenvalue weighted by Crippen LogP contribution is -2.06. The van der Waals surface area contributed by atoms with E-state index in [-0.39, 0.29) is 5.97 Å². The highest BCUT2D eigenvalue weighted by Gasteiger charge is 2.02. The van der Waals surface area contributed by atoms with Crippen LogP contribution in [0, 0.1) is 0 Å². The van der Waals surface area contributed by atoms with Crippen LogP contribution >= 0.6 is 0 Å². The summed E-state index contributed by atoms with van der Waals surface area (Å²) in [5.41, 5.74) is 0. The molecule has 0 aliphatic heterocycles. The van der Waals surface area contributed by atoms with E-state index in [4.69, 9.17) is 4.89 Å². The minimum Gasteiger partial charge on any atom is -0.298 e. The van der Waals surface area contributed by atoms with Crippen molar-refractivity contribution in [3.63, 3.8) is 0 Å². The van der Waals surface area contributed by atoms with Crippen LogP contribution in [0.25, 0.3) is 0 Å². The zero-order valence-electron chi connectivity index (χ0n) is 11.5. The molecular formula is C14H28O3. The summed E-state index contributed by atoms with van der Waals surface area (Å²) >= 11 is 0. The van der Waals surface area contributed by atoms with Gasteiger partial charge in [0, 0.05) is 6.42 Å². The summed E-state index contributed by atoms with van der Waals surface area (Å²) in [6.07, 6.45) is 10.8. The molecule has 102 valence electrons. The van der Waals surface area contributed by atoms with Gasteiger partial charge in [-0.05, 0) is 12.8 Å². The fourth-order valence-corrected chi connectivity index (χ4v) is 1.61. The van der Waals surface area contributed by atoms with Gasteiger partial charge in [-0.25, -0.2) is 4.79 Å². The third kappa shape index (κ3) is 13.4. The Balaban J connectivity index is 3.08. The van der Waals surface area contributed by atoms with E-state index >= 15 is 0 Å². The molecule has 0 radical (unpaired) electrons. The van der Waals surface area contributed by atoms with Crippen LogP contribution in [0.5, 0.6) is 0 Å². The lowest BCUT2D eigenvalue weighted by molar-refractivity contribution is -0.272. The van der Waals surface area contributed by atoms with E-state index in [0.29, 0.717) is 13.0 Å². The van der Waals surface area contributed by atoms with Crippen LogP contribution in [-0.4, -0.2) is 12.6 Å². The summed E-state index contributed by atoms with van der Waals surface area (Å²) in [5.74, 6) is -0.232. The first-order valence-electron chi connectivity index (χ1n) is 7.13. The minimum absolute atomic E-state index is 0.232. The van der Waals surface area contributed by atoms with E-state index in [1.807, 2.05) is 0 Å². The maximum atomic E-state index is 11.1. The van der Waals surface area contributed by atoms with Gasteiger partial charge in [0.25, 0.3) is 0 Å². The lowest BCUT2D eigenvalue weighted by atomic mass is 10.1. The van der Waals surface area contributed by atoms with E-state index in [0.717, 1.165) is 32.1 Å². The zero-order chi connectivity index (χ0) is 12.8. The Kier molecular flexibility index (Phi) is 13.0. The van der Waals surface area contributed by atoms with Gasteiger partial charge in [0.15, 0.2) is 0 Å². The molecule has 0 fully saturated rings. The topological polar surface area (TPSA) is 35.5 Å². The SMILES string of the molecule is CCCCCCCCOOC(=O)CCCCC. The van der Waals surface area contributed by atoms with Gasteiger partial charge in [-0.1, -0.05) is 58.8 Å². The molecule has 0 aromatic heterocycles. The minimum atomic E-state index is -0.232. The Morgan fingerprint density at radius 3 is 2.12 bits per heavy atom. The Bertz CT molecular complexity index is 169. The second kappa shape index (κ2) is 13.5. The van der Waals surface area contributed by atoms with Gasteiger partial charge in [-0.15, -0.1) is 0 Å². The lowest BCUT2D eigenvalue weighted by Gasteiger charge is -2.03. The molecule has 0 spiro atoms. The molecule has 0 saturated carbocycles. The molecular weight excluding hydrogens is 216 g/mol. The van der Waals surface area contributed by atoms with E-state index in [2.05, 4.69) is 18.7 Å². The van der Waals surface area contributed by atoms with Crippen LogP contribution in [0.1, 0.15) is 78.1 Å². The fourth-order valence-electron chi connectivity index (χ4n) is 1.61. The summed E-state index contributed by atoms with van der Waals surface area (Å²) in [5, 5.41) is 0. The number of carbonyl (C=O) groups excluding carboxylic acids is 1. The molecule has 0 saturated heterocycles. The molecule has 0 amide bonds. The quantitative estimate of drug-likeness (QED) is 0.290. The number of rotatable bonds is 12. The third-order valence-corrected chi connectivity index (χ3v) is 2.72. The summed E-state index contributed by atoms with van der Waals surface area (Å²) in [4.78, 5) is 20.7. The predicted octanol–water partition coefficient (Wildman–Crippen LogP) is 4.40. The largest absolute Gasteiger partial charge is 0.342 e. The molecule has 0 rings (SSSR count).